The van der Waals surface area contributed by atoms with Gasteiger partial charge in [0.2, 0.25) is 5.95 Å². The highest BCUT2D eigenvalue weighted by Crippen LogP contribution is 2.31. The van der Waals surface area contributed by atoms with Crippen molar-refractivity contribution in [3.05, 3.63) is 64.5 Å². The van der Waals surface area contributed by atoms with Gasteiger partial charge in [0.1, 0.15) is 11.5 Å². The first-order valence-corrected chi connectivity index (χ1v) is 7.82. The zero-order valence-corrected chi connectivity index (χ0v) is 13.2. The largest absolute Gasteiger partial charge is 0.416 e. The molecule has 2 heterocycles. The topological polar surface area (TPSA) is 54.9 Å². The van der Waals surface area contributed by atoms with Crippen molar-refractivity contribution in [3.63, 3.8) is 0 Å². The van der Waals surface area contributed by atoms with Gasteiger partial charge in [0, 0.05) is 10.9 Å². The first-order valence-electron chi connectivity index (χ1n) is 6.88. The Hall–Kier alpha value is -2.81. The van der Waals surface area contributed by atoms with Crippen LogP contribution in [-0.2, 0) is 6.18 Å². The third-order valence-electron chi connectivity index (χ3n) is 3.28. The van der Waals surface area contributed by atoms with E-state index in [1.54, 1.807) is 0 Å². The molecule has 1 N–H and O–H groups in total. The second kappa shape index (κ2) is 6.60. The van der Waals surface area contributed by atoms with Crippen molar-refractivity contribution in [1.29, 1.82) is 0 Å². The molecule has 2 aromatic heterocycles. The molecular weight excluding hydrogens is 358 g/mol. The van der Waals surface area contributed by atoms with Crippen molar-refractivity contribution in [1.82, 2.24) is 9.97 Å². The Balaban J connectivity index is 1.81. The van der Waals surface area contributed by atoms with Gasteiger partial charge in [-0.1, -0.05) is 12.1 Å². The number of benzene rings is 1. The first-order chi connectivity index (χ1) is 11.8. The SMILES string of the molecule is O=C(Nc1ccc(-c2ccc(C(F)(F)F)cc2)c(F)n1)c1cscn1. The summed E-state index contributed by atoms with van der Waals surface area (Å²) < 4.78 is 51.8. The van der Waals surface area contributed by atoms with Gasteiger partial charge in [-0.25, -0.2) is 9.97 Å². The molecule has 0 fully saturated rings. The third-order valence-corrected chi connectivity index (χ3v) is 3.86. The number of carbonyl (C=O) groups is 1. The minimum atomic E-state index is -4.46. The van der Waals surface area contributed by atoms with Crippen LogP contribution in [0, 0.1) is 5.95 Å². The molecule has 0 radical (unpaired) electrons. The molecule has 0 saturated carbocycles. The number of aromatic nitrogens is 2. The summed E-state index contributed by atoms with van der Waals surface area (Å²) in [6.45, 7) is 0. The maximum Gasteiger partial charge on any atom is 0.416 e. The predicted octanol–water partition coefficient (Wildman–Crippen LogP) is 4.62. The Morgan fingerprint density at radius 1 is 1.08 bits per heavy atom. The van der Waals surface area contributed by atoms with Crippen LogP contribution in [-0.4, -0.2) is 15.9 Å². The molecule has 3 aromatic rings. The minimum absolute atomic E-state index is 0.0221. The van der Waals surface area contributed by atoms with E-state index in [4.69, 9.17) is 0 Å². The lowest BCUT2D eigenvalue weighted by Gasteiger charge is -2.09. The Morgan fingerprint density at radius 2 is 1.80 bits per heavy atom. The van der Waals surface area contributed by atoms with E-state index in [1.165, 1.54) is 34.4 Å². The molecule has 0 aliphatic heterocycles. The van der Waals surface area contributed by atoms with E-state index in [2.05, 4.69) is 15.3 Å². The van der Waals surface area contributed by atoms with E-state index < -0.39 is 23.6 Å². The molecule has 0 atom stereocenters. The zero-order chi connectivity index (χ0) is 18.0. The monoisotopic (exact) mass is 367 g/mol. The molecule has 25 heavy (non-hydrogen) atoms. The molecule has 0 bridgehead atoms. The summed E-state index contributed by atoms with van der Waals surface area (Å²) >= 11 is 1.24. The number of nitrogens with one attached hydrogen (secondary N) is 1. The van der Waals surface area contributed by atoms with Crippen LogP contribution in [0.15, 0.2) is 47.3 Å². The maximum atomic E-state index is 14.2. The molecule has 0 unspecified atom stereocenters. The van der Waals surface area contributed by atoms with E-state index in [0.717, 1.165) is 24.3 Å². The van der Waals surface area contributed by atoms with E-state index in [9.17, 15) is 22.4 Å². The van der Waals surface area contributed by atoms with Crippen molar-refractivity contribution >= 4 is 23.1 Å². The number of rotatable bonds is 3. The summed E-state index contributed by atoms with van der Waals surface area (Å²) in [5.41, 5.74) is 1.11. The highest BCUT2D eigenvalue weighted by atomic mass is 32.1. The zero-order valence-electron chi connectivity index (χ0n) is 12.3. The summed E-state index contributed by atoms with van der Waals surface area (Å²) in [4.78, 5) is 19.3. The lowest BCUT2D eigenvalue weighted by molar-refractivity contribution is -0.137. The number of hydrogen-bond acceptors (Lipinski definition) is 4. The fourth-order valence-electron chi connectivity index (χ4n) is 2.06. The highest BCUT2D eigenvalue weighted by molar-refractivity contribution is 7.07. The number of thiazole rings is 1. The van der Waals surface area contributed by atoms with Crippen LogP contribution >= 0.6 is 11.3 Å². The van der Waals surface area contributed by atoms with Crippen molar-refractivity contribution in [2.75, 3.05) is 5.32 Å². The Kier molecular flexibility index (Phi) is 4.49. The lowest BCUT2D eigenvalue weighted by atomic mass is 10.1. The van der Waals surface area contributed by atoms with Gasteiger partial charge in [0.15, 0.2) is 0 Å². The smallest absolute Gasteiger partial charge is 0.305 e. The number of pyridine rings is 1. The number of carbonyl (C=O) groups excluding carboxylic acids is 1. The van der Waals surface area contributed by atoms with Crippen LogP contribution in [0.4, 0.5) is 23.4 Å². The molecule has 0 saturated heterocycles. The second-order valence-corrected chi connectivity index (χ2v) is 5.66. The lowest BCUT2D eigenvalue weighted by Crippen LogP contribution is -2.13. The van der Waals surface area contributed by atoms with Gasteiger partial charge in [0.25, 0.3) is 5.91 Å². The van der Waals surface area contributed by atoms with Crippen molar-refractivity contribution < 1.29 is 22.4 Å². The van der Waals surface area contributed by atoms with Gasteiger partial charge < -0.3 is 5.32 Å². The van der Waals surface area contributed by atoms with Gasteiger partial charge >= 0.3 is 6.18 Å². The van der Waals surface area contributed by atoms with Crippen LogP contribution in [0.5, 0.6) is 0 Å². The normalized spacial score (nSPS) is 11.4. The minimum Gasteiger partial charge on any atom is -0.305 e. The number of nitrogens with zero attached hydrogens (tertiary/aromatic N) is 2. The molecule has 4 nitrogen and oxygen atoms in total. The van der Waals surface area contributed by atoms with E-state index in [1.807, 2.05) is 0 Å². The van der Waals surface area contributed by atoms with Crippen LogP contribution < -0.4 is 5.32 Å². The van der Waals surface area contributed by atoms with E-state index >= 15 is 0 Å². The number of alkyl halides is 3. The van der Waals surface area contributed by atoms with Gasteiger partial charge in [-0.15, -0.1) is 11.3 Å². The van der Waals surface area contributed by atoms with Crippen LogP contribution in [0.25, 0.3) is 11.1 Å². The Bertz CT molecular complexity index is 893. The van der Waals surface area contributed by atoms with E-state index in [-0.39, 0.29) is 22.6 Å². The third kappa shape index (κ3) is 3.82. The van der Waals surface area contributed by atoms with E-state index in [0.29, 0.717) is 0 Å². The highest BCUT2D eigenvalue weighted by Gasteiger charge is 2.30. The first kappa shape index (κ1) is 17.0. The average molecular weight is 367 g/mol. The molecule has 128 valence electrons. The standard InChI is InChI=1S/C16H9F4N3OS/c17-14-11(9-1-3-10(4-2-9)16(18,19)20)5-6-13(22-14)23-15(24)12-7-25-8-21-12/h1-8H,(H,22,23,24). The Labute approximate surface area is 143 Å². The molecule has 0 aliphatic carbocycles. The maximum absolute atomic E-state index is 14.2. The number of halogens is 4. The number of anilines is 1. The predicted molar refractivity (Wildman–Crippen MR) is 84.7 cm³/mol. The molecule has 0 spiro atoms. The second-order valence-electron chi connectivity index (χ2n) is 4.94. The van der Waals surface area contributed by atoms with Crippen molar-refractivity contribution in [3.8, 4) is 11.1 Å². The van der Waals surface area contributed by atoms with Gasteiger partial charge in [-0.3, -0.25) is 4.79 Å². The van der Waals surface area contributed by atoms with Crippen molar-refractivity contribution in [2.24, 2.45) is 0 Å². The van der Waals surface area contributed by atoms with Crippen molar-refractivity contribution in [2.45, 2.75) is 6.18 Å². The average Bonchev–Trinajstić information content (AvgIpc) is 3.09. The Morgan fingerprint density at radius 3 is 2.36 bits per heavy atom. The molecular formula is C16H9F4N3OS. The summed E-state index contributed by atoms with van der Waals surface area (Å²) in [6.07, 6.45) is -4.46. The molecule has 1 aromatic carbocycles. The molecule has 3 rings (SSSR count). The summed E-state index contributed by atoms with van der Waals surface area (Å²) in [5, 5.41) is 3.93. The number of amides is 1. The molecule has 9 heteroatoms. The molecule has 0 aliphatic rings. The van der Waals surface area contributed by atoms with Crippen LogP contribution in [0.3, 0.4) is 0 Å². The summed E-state index contributed by atoms with van der Waals surface area (Å²) in [5.74, 6) is -1.46. The van der Waals surface area contributed by atoms with Gasteiger partial charge in [-0.05, 0) is 29.8 Å². The van der Waals surface area contributed by atoms with Crippen LogP contribution in [0.2, 0.25) is 0 Å². The number of hydrogen-bond donors (Lipinski definition) is 1. The summed E-state index contributed by atoms with van der Waals surface area (Å²) in [7, 11) is 0. The quantitative estimate of drug-likeness (QED) is 0.543. The van der Waals surface area contributed by atoms with Gasteiger partial charge in [-0.2, -0.15) is 17.6 Å². The van der Waals surface area contributed by atoms with Gasteiger partial charge in [0.05, 0.1) is 11.1 Å². The summed E-state index contributed by atoms with van der Waals surface area (Å²) in [6, 6.07) is 6.76. The fourth-order valence-corrected chi connectivity index (χ4v) is 2.60. The molecule has 1 amide bonds. The fraction of sp³-hybridized carbons (Fsp3) is 0.0625. The van der Waals surface area contributed by atoms with Crippen LogP contribution in [0.1, 0.15) is 16.1 Å².